The molecule has 0 nitrogen and oxygen atoms in total. The third kappa shape index (κ3) is 10.9. The number of hydrogen-bond acceptors (Lipinski definition) is 0. The molecule has 0 amide bonds. The van der Waals surface area contributed by atoms with E-state index in [1.54, 1.807) is 0 Å². The van der Waals surface area contributed by atoms with E-state index in [1.807, 2.05) is 0 Å². The van der Waals surface area contributed by atoms with Crippen LogP contribution in [0.5, 0.6) is 0 Å². The van der Waals surface area contributed by atoms with Gasteiger partial charge in [-0.25, -0.2) is 0 Å². The second-order valence-corrected chi connectivity index (χ2v) is 23.5. The lowest BCUT2D eigenvalue weighted by atomic mass is 9.82. The Hall–Kier alpha value is -5.20. The molecule has 7 rings (SSSR count). The van der Waals surface area contributed by atoms with E-state index in [0.717, 1.165) is 6.42 Å². The molecule has 0 bridgehead atoms. The average Bonchev–Trinajstić information content (AvgIpc) is 3.38. The smallest absolute Gasteiger partial charge is 0.00149 e. The van der Waals surface area contributed by atoms with Gasteiger partial charge in [-0.1, -0.05) is 6.07 Å². The molecule has 0 saturated heterocycles. The fraction of sp³-hybridized carbons (Fsp3) is 0.459. The molecule has 0 aromatic heterocycles. The molecule has 398 valence electrons. The van der Waals surface area contributed by atoms with E-state index in [-0.39, 0.29) is 0 Å². The molecule has 0 fully saturated rings. The summed E-state index contributed by atoms with van der Waals surface area (Å²) in [5, 5.41) is 2.97. The molecule has 0 aliphatic rings. The second kappa shape index (κ2) is 23.4. The van der Waals surface area contributed by atoms with Gasteiger partial charge in [-0.15, -0.1) is 0 Å². The first-order valence-corrected chi connectivity index (χ1v) is 27.8. The zero-order valence-corrected chi connectivity index (χ0v) is 53.8. The fourth-order valence-electron chi connectivity index (χ4n) is 12.1. The Morgan fingerprint density at radius 2 is 0.351 bits per heavy atom. The maximum atomic E-state index is 2.38. The topological polar surface area (TPSA) is 0 Å². The maximum Gasteiger partial charge on any atom is -0.00149 e. The lowest BCUT2D eigenvalue weighted by Gasteiger charge is -2.23. The van der Waals surface area contributed by atoms with Crippen LogP contribution in [0.3, 0.4) is 0 Å². The van der Waals surface area contributed by atoms with Crippen LogP contribution < -0.4 is 0 Å². The van der Waals surface area contributed by atoms with Gasteiger partial charge >= 0.3 is 0 Å². The van der Waals surface area contributed by atoms with Gasteiger partial charge in [0, 0.05) is 0 Å². The highest BCUT2D eigenvalue weighted by Crippen LogP contribution is 2.40. The van der Waals surface area contributed by atoms with Crippen molar-refractivity contribution >= 4 is 10.8 Å². The van der Waals surface area contributed by atoms with Crippen LogP contribution >= 0.6 is 0 Å². The van der Waals surface area contributed by atoms with Crippen molar-refractivity contribution in [1.82, 2.24) is 0 Å². The van der Waals surface area contributed by atoms with Gasteiger partial charge in [0.25, 0.3) is 0 Å². The molecule has 0 radical (unpaired) electrons. The van der Waals surface area contributed by atoms with E-state index in [1.165, 1.54) is 217 Å². The Morgan fingerprint density at radius 3 is 0.581 bits per heavy atom. The summed E-state index contributed by atoms with van der Waals surface area (Å²) >= 11 is 0. The zero-order valence-electron chi connectivity index (χ0n) is 53.8. The highest BCUT2D eigenvalue weighted by atomic mass is 14.3. The lowest BCUT2D eigenvalue weighted by molar-refractivity contribution is 1.02. The Balaban J connectivity index is 0.000000218. The van der Waals surface area contributed by atoms with Crippen molar-refractivity contribution in [3.05, 3.63) is 201 Å². The molecule has 0 N–H and O–H groups in total. The van der Waals surface area contributed by atoms with Crippen LogP contribution in [0.2, 0.25) is 0 Å². The molecule has 0 spiro atoms. The van der Waals surface area contributed by atoms with Gasteiger partial charge < -0.3 is 0 Å². The summed E-state index contributed by atoms with van der Waals surface area (Å²) < 4.78 is 0. The van der Waals surface area contributed by atoms with Crippen molar-refractivity contribution in [2.24, 2.45) is 0 Å². The molecule has 0 heteroatoms. The first-order valence-electron chi connectivity index (χ1n) is 27.8. The average molecular weight is 992 g/mol. The van der Waals surface area contributed by atoms with Crippen LogP contribution in [-0.4, -0.2) is 0 Å². The molecule has 0 unspecified atom stereocenters. The van der Waals surface area contributed by atoms with Gasteiger partial charge in [-0.05, 0) is 452 Å². The molecule has 7 aromatic rings. The van der Waals surface area contributed by atoms with Crippen LogP contribution in [-0.2, 0) is 6.42 Å². The third-order valence-electron chi connectivity index (χ3n) is 20.9. The number of aryl methyl sites for hydroxylation is 5. The quantitative estimate of drug-likeness (QED) is 0.165. The Labute approximate surface area is 455 Å². The van der Waals surface area contributed by atoms with Crippen molar-refractivity contribution in [2.75, 3.05) is 0 Å². The van der Waals surface area contributed by atoms with E-state index < -0.39 is 0 Å². The summed E-state index contributed by atoms with van der Waals surface area (Å²) in [4.78, 5) is 0. The van der Waals surface area contributed by atoms with Crippen LogP contribution in [0.15, 0.2) is 6.07 Å². The van der Waals surface area contributed by atoms with Crippen molar-refractivity contribution < 1.29 is 0 Å². The van der Waals surface area contributed by atoms with E-state index >= 15 is 0 Å². The maximum absolute atomic E-state index is 2.38. The minimum atomic E-state index is 1.05. The molecule has 74 heavy (non-hydrogen) atoms. The van der Waals surface area contributed by atoms with Crippen molar-refractivity contribution in [3.63, 3.8) is 0 Å². The molecule has 7 aromatic carbocycles. The Kier molecular flexibility index (Phi) is 19.4. The number of fused-ring (bicyclic) bond motifs is 1. The lowest BCUT2D eigenvalue weighted by Crippen LogP contribution is -2.08. The Bertz CT molecular complexity index is 3010. The number of rotatable bonds is 3. The molecular formula is C74H102. The van der Waals surface area contributed by atoms with Gasteiger partial charge in [0.2, 0.25) is 0 Å². The monoisotopic (exact) mass is 991 g/mol. The van der Waals surface area contributed by atoms with E-state index in [0.29, 0.717) is 0 Å². The van der Waals surface area contributed by atoms with Gasteiger partial charge in [0.15, 0.2) is 0 Å². The minimum absolute atomic E-state index is 1.05. The normalized spacial score (nSPS) is 11.1. The van der Waals surface area contributed by atoms with Gasteiger partial charge in [-0.3, -0.25) is 0 Å². The molecule has 0 aliphatic carbocycles. The largest absolute Gasteiger partial charge is 0.0509 e. The summed E-state index contributed by atoms with van der Waals surface area (Å²) in [7, 11) is 0. The summed E-state index contributed by atoms with van der Waals surface area (Å²) in [6.07, 6.45) is 1.05. The molecule has 0 heterocycles. The van der Waals surface area contributed by atoms with Gasteiger partial charge in [0.05, 0.1) is 0 Å². The van der Waals surface area contributed by atoms with Crippen LogP contribution in [0.25, 0.3) is 21.9 Å². The zero-order chi connectivity index (χ0) is 56.9. The minimum Gasteiger partial charge on any atom is -0.0509 e. The highest BCUT2D eigenvalue weighted by Gasteiger charge is 2.20. The van der Waals surface area contributed by atoms with Crippen molar-refractivity contribution in [3.8, 4) is 11.1 Å². The summed E-state index contributed by atoms with van der Waals surface area (Å²) in [5.41, 5.74) is 53.7. The molecular weight excluding hydrogens is 889 g/mol. The predicted octanol–water partition coefficient (Wildman–Crippen LogP) is 21.3. The highest BCUT2D eigenvalue weighted by molar-refractivity contribution is 5.97. The number of benzene rings is 7. The third-order valence-corrected chi connectivity index (χ3v) is 20.9. The molecule has 0 atom stereocenters. The summed E-state index contributed by atoms with van der Waals surface area (Å²) in [6.45, 7) is 74.4. The van der Waals surface area contributed by atoms with Crippen LogP contribution in [0.1, 0.15) is 195 Å². The summed E-state index contributed by atoms with van der Waals surface area (Å²) in [6, 6.07) is 2.38. The molecule has 0 aliphatic heterocycles. The summed E-state index contributed by atoms with van der Waals surface area (Å²) in [5.74, 6) is 0. The number of hydrogen-bond donors (Lipinski definition) is 0. The molecule has 0 saturated carbocycles. The van der Waals surface area contributed by atoms with Crippen LogP contribution in [0, 0.1) is 228 Å². The SMILES string of the molecule is Cc1c(C)c(C)c(C)c(C)c1C.Cc1c(C)c(C)c(Cc2c(C)c(C)c(C)c(C)c2C)c(C)c1C.Cc1c(C)c(C)c2c(C)c(C)c(C)c(C)c2c1C.Cc1cc(-c2c(C)c(C)c(C)c(C)c2C)c(C)c(C)c1C. The van der Waals surface area contributed by atoms with Crippen molar-refractivity contribution in [1.29, 1.82) is 0 Å². The first-order chi connectivity index (χ1) is 34.0. The Morgan fingerprint density at radius 1 is 0.176 bits per heavy atom. The first kappa shape index (κ1) is 61.3. The second-order valence-electron chi connectivity index (χ2n) is 23.5. The van der Waals surface area contributed by atoms with Crippen molar-refractivity contribution in [2.45, 2.75) is 235 Å². The van der Waals surface area contributed by atoms with E-state index in [2.05, 4.69) is 235 Å². The standard InChI is InChI=1S/C23H32.C21H28.C18H24.C12H18/c1-12-14(3)18(7)22(19(8)15(12)4)11-23-20(9)16(5)13(2)17(6)21(23)10;1-11-10-20(17(7)13(3)12(11)2)21-18(8)15(5)14(4)16(6)19(21)9;1-9-10(2)14(6)18-16(8)12(4)11(3)15(7)17(18)13(9)5;1-7-8(2)10(4)12(6)11(5)9(7)3/h11H2,1-10H3;10H,1-9H3;1-8H3;1-6H3. The van der Waals surface area contributed by atoms with Gasteiger partial charge in [-0.2, -0.15) is 0 Å². The fourth-order valence-corrected chi connectivity index (χ4v) is 12.1. The van der Waals surface area contributed by atoms with Gasteiger partial charge in [0.1, 0.15) is 0 Å². The van der Waals surface area contributed by atoms with E-state index in [4.69, 9.17) is 0 Å². The predicted molar refractivity (Wildman–Crippen MR) is 334 cm³/mol. The van der Waals surface area contributed by atoms with Crippen LogP contribution in [0.4, 0.5) is 0 Å². The van der Waals surface area contributed by atoms with E-state index in [9.17, 15) is 0 Å².